The maximum Gasteiger partial charge on any atom is 0.255 e. The number of carbonyl (C=O) groups excluding carboxylic acids is 1. The molecule has 1 aliphatic rings. The summed E-state index contributed by atoms with van der Waals surface area (Å²) < 4.78 is 0. The van der Waals surface area contributed by atoms with Crippen LogP contribution in [0.5, 0.6) is 0 Å². The number of nitrogens with zero attached hydrogens (tertiary/aromatic N) is 1. The van der Waals surface area contributed by atoms with E-state index in [0.29, 0.717) is 15.6 Å². The van der Waals surface area contributed by atoms with Crippen LogP contribution in [0.2, 0.25) is 10.0 Å². The second-order valence-electron chi connectivity index (χ2n) is 4.33. The van der Waals surface area contributed by atoms with Crippen molar-refractivity contribution >= 4 is 29.1 Å². The summed E-state index contributed by atoms with van der Waals surface area (Å²) in [4.78, 5) is 14.2. The minimum absolute atomic E-state index is 0.000556. The Balaban J connectivity index is 2.20. The predicted octanol–water partition coefficient (Wildman–Crippen LogP) is 4.01. The number of carbonyl (C=O) groups is 1. The van der Waals surface area contributed by atoms with Crippen molar-refractivity contribution in [3.05, 3.63) is 33.8 Å². The Morgan fingerprint density at radius 3 is 2.35 bits per heavy atom. The zero-order chi connectivity index (χ0) is 12.3. The molecule has 1 aromatic rings. The zero-order valence-corrected chi connectivity index (χ0v) is 11.1. The second-order valence-corrected chi connectivity index (χ2v) is 5.17. The van der Waals surface area contributed by atoms with Gasteiger partial charge in [0, 0.05) is 18.1 Å². The van der Waals surface area contributed by atoms with Crippen molar-refractivity contribution in [3.8, 4) is 0 Å². The molecule has 2 nitrogen and oxygen atoms in total. The van der Waals surface area contributed by atoms with Crippen LogP contribution in [-0.2, 0) is 0 Å². The van der Waals surface area contributed by atoms with Gasteiger partial charge in [0.15, 0.2) is 0 Å². The Hall–Kier alpha value is -0.730. The smallest absolute Gasteiger partial charge is 0.255 e. The van der Waals surface area contributed by atoms with Crippen LogP contribution in [0.25, 0.3) is 0 Å². The molecule has 1 heterocycles. The van der Waals surface area contributed by atoms with Crippen LogP contribution in [0.3, 0.4) is 0 Å². The molecule has 1 amide bonds. The van der Waals surface area contributed by atoms with Crippen molar-refractivity contribution in [1.82, 2.24) is 4.90 Å². The minimum Gasteiger partial charge on any atom is -0.339 e. The van der Waals surface area contributed by atoms with E-state index in [0.717, 1.165) is 25.9 Å². The van der Waals surface area contributed by atoms with Crippen molar-refractivity contribution in [2.45, 2.75) is 25.7 Å². The fraction of sp³-hybridized carbons (Fsp3) is 0.462. The quantitative estimate of drug-likeness (QED) is 0.756. The molecule has 0 aromatic heterocycles. The van der Waals surface area contributed by atoms with Crippen LogP contribution in [0.15, 0.2) is 18.2 Å². The lowest BCUT2D eigenvalue weighted by Gasteiger charge is -2.20. The van der Waals surface area contributed by atoms with E-state index >= 15 is 0 Å². The van der Waals surface area contributed by atoms with Gasteiger partial charge in [0.2, 0.25) is 0 Å². The lowest BCUT2D eigenvalue weighted by atomic mass is 10.2. The first-order chi connectivity index (χ1) is 8.18. The van der Waals surface area contributed by atoms with E-state index in [4.69, 9.17) is 23.2 Å². The molecule has 0 radical (unpaired) electrons. The third kappa shape index (κ3) is 3.14. The van der Waals surface area contributed by atoms with Crippen LogP contribution in [-0.4, -0.2) is 23.9 Å². The summed E-state index contributed by atoms with van der Waals surface area (Å²) in [6, 6.07) is 5.02. The summed E-state index contributed by atoms with van der Waals surface area (Å²) in [5, 5.41) is 1.02. The number of amides is 1. The van der Waals surface area contributed by atoms with E-state index in [1.54, 1.807) is 18.2 Å². The molecule has 1 saturated heterocycles. The normalized spacial score (nSPS) is 16.7. The van der Waals surface area contributed by atoms with E-state index in [-0.39, 0.29) is 5.91 Å². The van der Waals surface area contributed by atoms with Crippen molar-refractivity contribution < 1.29 is 4.79 Å². The molecule has 17 heavy (non-hydrogen) atoms. The molecule has 92 valence electrons. The Bertz CT molecular complexity index is 412. The van der Waals surface area contributed by atoms with E-state index in [9.17, 15) is 4.79 Å². The maximum atomic E-state index is 12.3. The Kier molecular flexibility index (Phi) is 4.30. The minimum atomic E-state index is -0.000556. The second kappa shape index (κ2) is 5.74. The van der Waals surface area contributed by atoms with Crippen molar-refractivity contribution in [1.29, 1.82) is 0 Å². The first-order valence-corrected chi connectivity index (χ1v) is 6.68. The van der Waals surface area contributed by atoms with E-state index in [1.165, 1.54) is 12.8 Å². The molecule has 0 unspecified atom stereocenters. The molecule has 0 spiro atoms. The van der Waals surface area contributed by atoms with Gasteiger partial charge in [-0.1, -0.05) is 36.0 Å². The fourth-order valence-corrected chi connectivity index (χ4v) is 2.48. The summed E-state index contributed by atoms with van der Waals surface area (Å²) in [5.74, 6) is -0.000556. The van der Waals surface area contributed by atoms with Gasteiger partial charge in [-0.25, -0.2) is 0 Å². The molecule has 0 saturated carbocycles. The average Bonchev–Trinajstić information content (AvgIpc) is 2.60. The van der Waals surface area contributed by atoms with E-state index in [1.807, 2.05) is 4.90 Å². The van der Waals surface area contributed by atoms with Gasteiger partial charge >= 0.3 is 0 Å². The summed E-state index contributed by atoms with van der Waals surface area (Å²) in [6.45, 7) is 1.64. The molecule has 4 heteroatoms. The average molecular weight is 272 g/mol. The third-order valence-corrected chi connectivity index (χ3v) is 3.62. The van der Waals surface area contributed by atoms with Crippen LogP contribution < -0.4 is 0 Å². The van der Waals surface area contributed by atoms with E-state index < -0.39 is 0 Å². The molecule has 1 aromatic carbocycles. The molecule has 1 aliphatic heterocycles. The predicted molar refractivity (Wildman–Crippen MR) is 70.8 cm³/mol. The number of rotatable bonds is 1. The fourth-order valence-electron chi connectivity index (χ4n) is 2.11. The topological polar surface area (TPSA) is 20.3 Å². The highest BCUT2D eigenvalue weighted by Crippen LogP contribution is 2.23. The van der Waals surface area contributed by atoms with Gasteiger partial charge in [-0.2, -0.15) is 0 Å². The number of likely N-dealkylation sites (tertiary alicyclic amines) is 1. The monoisotopic (exact) mass is 271 g/mol. The first-order valence-electron chi connectivity index (χ1n) is 5.93. The summed E-state index contributed by atoms with van der Waals surface area (Å²) in [6.07, 6.45) is 4.55. The highest BCUT2D eigenvalue weighted by Gasteiger charge is 2.19. The lowest BCUT2D eigenvalue weighted by molar-refractivity contribution is 0.0762. The van der Waals surface area contributed by atoms with Crippen LogP contribution in [0, 0.1) is 0 Å². The lowest BCUT2D eigenvalue weighted by Crippen LogP contribution is -2.32. The van der Waals surface area contributed by atoms with Crippen molar-refractivity contribution in [2.24, 2.45) is 0 Å². The number of halogens is 2. The molecular weight excluding hydrogens is 257 g/mol. The molecular formula is C13H15Cl2NO. The highest BCUT2D eigenvalue weighted by atomic mass is 35.5. The Morgan fingerprint density at radius 1 is 1.06 bits per heavy atom. The summed E-state index contributed by atoms with van der Waals surface area (Å²) in [7, 11) is 0. The molecule has 2 rings (SSSR count). The van der Waals surface area contributed by atoms with Crippen molar-refractivity contribution in [3.63, 3.8) is 0 Å². The number of hydrogen-bond donors (Lipinski definition) is 0. The van der Waals surface area contributed by atoms with Gasteiger partial charge in [-0.15, -0.1) is 0 Å². The third-order valence-electron chi connectivity index (χ3n) is 3.05. The zero-order valence-electron chi connectivity index (χ0n) is 9.59. The van der Waals surface area contributed by atoms with Gasteiger partial charge in [-0.3, -0.25) is 4.79 Å². The maximum absolute atomic E-state index is 12.3. The van der Waals surface area contributed by atoms with E-state index in [2.05, 4.69) is 0 Å². The molecule has 0 aliphatic carbocycles. The van der Waals surface area contributed by atoms with Gasteiger partial charge < -0.3 is 4.90 Å². The first kappa shape index (κ1) is 12.7. The largest absolute Gasteiger partial charge is 0.339 e. The Morgan fingerprint density at radius 2 is 1.71 bits per heavy atom. The molecule has 0 bridgehead atoms. The summed E-state index contributed by atoms with van der Waals surface area (Å²) in [5.41, 5.74) is 0.515. The van der Waals surface area contributed by atoms with Gasteiger partial charge in [-0.05, 0) is 31.0 Å². The SMILES string of the molecule is O=C(c1cc(Cl)ccc1Cl)N1CCCCCC1. The number of benzene rings is 1. The standard InChI is InChI=1S/C13H15Cl2NO/c14-10-5-6-12(15)11(9-10)13(17)16-7-3-1-2-4-8-16/h5-6,9H,1-4,7-8H2. The van der Waals surface area contributed by atoms with Gasteiger partial charge in [0.05, 0.1) is 10.6 Å². The molecule has 1 fully saturated rings. The highest BCUT2D eigenvalue weighted by molar-refractivity contribution is 6.35. The van der Waals surface area contributed by atoms with Crippen LogP contribution in [0.1, 0.15) is 36.0 Å². The van der Waals surface area contributed by atoms with Crippen LogP contribution in [0.4, 0.5) is 0 Å². The number of hydrogen-bond acceptors (Lipinski definition) is 1. The Labute approximate surface area is 112 Å². The van der Waals surface area contributed by atoms with Gasteiger partial charge in [0.1, 0.15) is 0 Å². The van der Waals surface area contributed by atoms with Crippen molar-refractivity contribution in [2.75, 3.05) is 13.1 Å². The molecule has 0 atom stereocenters. The van der Waals surface area contributed by atoms with Crippen LogP contribution >= 0.6 is 23.2 Å². The van der Waals surface area contributed by atoms with Gasteiger partial charge in [0.25, 0.3) is 5.91 Å². The summed E-state index contributed by atoms with van der Waals surface area (Å²) >= 11 is 11.9. The molecule has 0 N–H and O–H groups in total.